The molecule has 2 aromatic rings. The molecule has 2 N–H and O–H groups in total. The largest absolute Gasteiger partial charge is 1.00 e. The van der Waals surface area contributed by atoms with E-state index in [0.29, 0.717) is 37.4 Å². The zero-order valence-electron chi connectivity index (χ0n) is 21.3. The number of carbonyl (C=O) groups excluding carboxylic acids is 1. The maximum absolute atomic E-state index is 13.3. The van der Waals surface area contributed by atoms with E-state index in [-0.39, 0.29) is 48.9 Å². The van der Waals surface area contributed by atoms with Gasteiger partial charge >= 0.3 is 45.8 Å². The van der Waals surface area contributed by atoms with E-state index in [2.05, 4.69) is 48.9 Å². The molecule has 2 amide bonds. The molecule has 0 unspecified atom stereocenters. The van der Waals surface area contributed by atoms with E-state index < -0.39 is 16.2 Å². The van der Waals surface area contributed by atoms with Crippen molar-refractivity contribution in [2.75, 3.05) is 22.8 Å². The van der Waals surface area contributed by atoms with Crippen LogP contribution in [0.15, 0.2) is 30.6 Å². The molecule has 178 valence electrons. The minimum Gasteiger partial charge on any atom is -1.00 e. The van der Waals surface area contributed by atoms with E-state index in [9.17, 15) is 13.2 Å². The Bertz CT molecular complexity index is 1030. The van der Waals surface area contributed by atoms with Crippen LogP contribution in [0.4, 0.5) is 16.2 Å². The minimum atomic E-state index is -4.17. The third-order valence-electron chi connectivity index (χ3n) is 5.52. The van der Waals surface area contributed by atoms with Gasteiger partial charge in [-0.1, -0.05) is 33.8 Å². The standard InChI is InChI=1S/C22H33N5O4S.Na.H/c1-15(2)17-10-18(16(3)4)12-19(11-17)24-22(28)25-32(29,30)27(20-6-8-31-9-7-20)21-13-23-26(5)14-21;;/h10-16,20H,6-9H2,1-5H3,(H2,24,25,28);;/q;+1;-1. The molecule has 0 bridgehead atoms. The summed E-state index contributed by atoms with van der Waals surface area (Å²) >= 11 is 0. The molecule has 0 saturated carbocycles. The number of hydrogen-bond donors (Lipinski definition) is 2. The Morgan fingerprint density at radius 3 is 2.21 bits per heavy atom. The summed E-state index contributed by atoms with van der Waals surface area (Å²) in [4.78, 5) is 12.7. The molecule has 11 heteroatoms. The number of ether oxygens (including phenoxy) is 1. The van der Waals surface area contributed by atoms with Crippen LogP contribution in [0.1, 0.15) is 64.9 Å². The van der Waals surface area contributed by atoms with Gasteiger partial charge in [0.05, 0.1) is 17.9 Å². The molecule has 0 aliphatic carbocycles. The molecule has 3 rings (SSSR count). The van der Waals surface area contributed by atoms with E-state index in [1.807, 2.05) is 12.1 Å². The summed E-state index contributed by atoms with van der Waals surface area (Å²) < 4.78 is 36.9. The van der Waals surface area contributed by atoms with Crippen molar-refractivity contribution in [2.24, 2.45) is 7.05 Å². The van der Waals surface area contributed by atoms with Crippen LogP contribution in [0, 0.1) is 0 Å². The van der Waals surface area contributed by atoms with Gasteiger partial charge in [0.2, 0.25) is 0 Å². The van der Waals surface area contributed by atoms with E-state index >= 15 is 0 Å². The summed E-state index contributed by atoms with van der Waals surface area (Å²) in [6.07, 6.45) is 4.17. The third-order valence-corrected chi connectivity index (χ3v) is 6.99. The predicted octanol–water partition coefficient (Wildman–Crippen LogP) is 0.835. The molecular weight excluding hydrogens is 453 g/mol. The Hall–Kier alpha value is -1.59. The second kappa shape index (κ2) is 11.7. The topological polar surface area (TPSA) is 106 Å². The second-order valence-corrected chi connectivity index (χ2v) is 10.3. The van der Waals surface area contributed by atoms with Gasteiger partial charge in [0.25, 0.3) is 0 Å². The number of aryl methyl sites for hydroxylation is 1. The van der Waals surface area contributed by atoms with Crippen LogP contribution < -0.4 is 43.9 Å². The van der Waals surface area contributed by atoms with Crippen LogP contribution >= 0.6 is 0 Å². The van der Waals surface area contributed by atoms with Crippen molar-refractivity contribution in [3.05, 3.63) is 41.7 Å². The number of nitrogens with zero attached hydrogens (tertiary/aromatic N) is 3. The molecule has 0 spiro atoms. The number of carbonyl (C=O) groups is 1. The van der Waals surface area contributed by atoms with Gasteiger partial charge < -0.3 is 11.5 Å². The van der Waals surface area contributed by atoms with Crippen LogP contribution in [0.5, 0.6) is 0 Å². The molecule has 1 aliphatic heterocycles. The fourth-order valence-corrected chi connectivity index (χ4v) is 5.08. The Morgan fingerprint density at radius 1 is 1.15 bits per heavy atom. The van der Waals surface area contributed by atoms with E-state index in [1.165, 1.54) is 15.2 Å². The first-order valence-corrected chi connectivity index (χ1v) is 12.3. The molecule has 1 aliphatic rings. The number of benzene rings is 1. The number of hydrogen-bond acceptors (Lipinski definition) is 5. The summed E-state index contributed by atoms with van der Waals surface area (Å²) in [5.41, 5.74) is 3.12. The first-order chi connectivity index (χ1) is 15.1. The molecular formula is C22H34N5NaO4S. The van der Waals surface area contributed by atoms with Crippen molar-refractivity contribution >= 4 is 27.6 Å². The zero-order valence-corrected chi connectivity index (χ0v) is 23.1. The zero-order chi connectivity index (χ0) is 23.5. The van der Waals surface area contributed by atoms with Crippen LogP contribution in [0.25, 0.3) is 0 Å². The number of anilines is 2. The Balaban J connectivity index is 0.00000289. The summed E-state index contributed by atoms with van der Waals surface area (Å²) in [5.74, 6) is 0.547. The number of nitrogens with one attached hydrogen (secondary N) is 2. The van der Waals surface area contributed by atoms with Crippen LogP contribution in [0.3, 0.4) is 0 Å². The molecule has 2 heterocycles. The van der Waals surface area contributed by atoms with Gasteiger partial charge in [0, 0.05) is 32.1 Å². The Kier molecular flexibility index (Phi) is 9.81. The molecule has 9 nitrogen and oxygen atoms in total. The molecule has 1 aromatic carbocycles. The number of urea groups is 1. The van der Waals surface area contributed by atoms with Crippen molar-refractivity contribution in [3.8, 4) is 0 Å². The van der Waals surface area contributed by atoms with E-state index in [4.69, 9.17) is 4.74 Å². The number of rotatable bonds is 7. The van der Waals surface area contributed by atoms with Gasteiger partial charge in [-0.2, -0.15) is 13.5 Å². The number of amides is 2. The fraction of sp³-hybridized carbons (Fsp3) is 0.545. The van der Waals surface area contributed by atoms with Crippen LogP contribution in [-0.4, -0.2) is 43.5 Å². The minimum absolute atomic E-state index is 0. The maximum Gasteiger partial charge on any atom is 1.00 e. The average Bonchev–Trinajstić information content (AvgIpc) is 3.13. The van der Waals surface area contributed by atoms with Gasteiger partial charge in [0.15, 0.2) is 0 Å². The number of aromatic nitrogens is 2. The molecule has 33 heavy (non-hydrogen) atoms. The smallest absolute Gasteiger partial charge is 1.00 e. The first-order valence-electron chi connectivity index (χ1n) is 10.9. The maximum atomic E-state index is 13.3. The van der Waals surface area contributed by atoms with Crippen molar-refractivity contribution in [3.63, 3.8) is 0 Å². The normalized spacial score (nSPS) is 14.8. The van der Waals surface area contributed by atoms with Crippen molar-refractivity contribution in [1.82, 2.24) is 14.5 Å². The second-order valence-electron chi connectivity index (χ2n) is 8.77. The van der Waals surface area contributed by atoms with E-state index in [1.54, 1.807) is 13.2 Å². The summed E-state index contributed by atoms with van der Waals surface area (Å²) in [6.45, 7) is 9.23. The summed E-state index contributed by atoms with van der Waals surface area (Å²) in [6, 6.07) is 4.74. The Morgan fingerprint density at radius 2 is 1.73 bits per heavy atom. The van der Waals surface area contributed by atoms with Crippen LogP contribution in [0.2, 0.25) is 0 Å². The molecule has 0 atom stereocenters. The summed E-state index contributed by atoms with van der Waals surface area (Å²) in [5, 5.41) is 6.80. The molecule has 1 fully saturated rings. The van der Waals surface area contributed by atoms with Gasteiger partial charge in [0.1, 0.15) is 0 Å². The SMILES string of the molecule is CC(C)c1cc(NC(=O)NS(=O)(=O)N(c2cnn(C)c2)C2CCOCC2)cc(C(C)C)c1.[H-].[Na+]. The molecule has 1 saturated heterocycles. The summed E-state index contributed by atoms with van der Waals surface area (Å²) in [7, 11) is -2.46. The van der Waals surface area contributed by atoms with Crippen molar-refractivity contribution in [2.45, 2.75) is 58.4 Å². The monoisotopic (exact) mass is 487 g/mol. The van der Waals surface area contributed by atoms with Gasteiger partial charge in [-0.05, 0) is 47.9 Å². The van der Waals surface area contributed by atoms with Crippen LogP contribution in [-0.2, 0) is 22.0 Å². The van der Waals surface area contributed by atoms with Gasteiger partial charge in [-0.3, -0.25) is 4.68 Å². The predicted molar refractivity (Wildman–Crippen MR) is 126 cm³/mol. The van der Waals surface area contributed by atoms with Crippen molar-refractivity contribution < 1.29 is 48.9 Å². The molecule has 1 aromatic heterocycles. The average molecular weight is 488 g/mol. The Labute approximate surface area is 220 Å². The quantitative estimate of drug-likeness (QED) is 0.563. The van der Waals surface area contributed by atoms with Crippen molar-refractivity contribution in [1.29, 1.82) is 0 Å². The first kappa shape index (κ1) is 27.7. The van der Waals surface area contributed by atoms with Gasteiger partial charge in [-0.15, -0.1) is 0 Å². The fourth-order valence-electron chi connectivity index (χ4n) is 3.73. The third kappa shape index (κ3) is 7.19. The van der Waals surface area contributed by atoms with E-state index in [0.717, 1.165) is 11.1 Å². The molecule has 0 radical (unpaired) electrons. The van der Waals surface area contributed by atoms with Gasteiger partial charge in [-0.25, -0.2) is 13.8 Å².